The molecule has 0 saturated carbocycles. The summed E-state index contributed by atoms with van der Waals surface area (Å²) in [6, 6.07) is 5.52. The molecule has 0 aliphatic heterocycles. The van der Waals surface area contributed by atoms with Crippen LogP contribution in [0.25, 0.3) is 22.7 Å². The number of imidazole rings is 1. The Labute approximate surface area is 94.9 Å². The van der Waals surface area contributed by atoms with Crippen molar-refractivity contribution < 1.29 is 0 Å². The molecule has 0 atom stereocenters. The second-order valence-corrected chi connectivity index (χ2v) is 3.67. The smallest absolute Gasteiger partial charge is 0.239 e. The minimum atomic E-state index is 0.182. The monoisotopic (exact) mass is 234 g/mol. The number of nitrogens with zero attached hydrogens (tertiary/aromatic N) is 3. The van der Waals surface area contributed by atoms with E-state index < -0.39 is 0 Å². The van der Waals surface area contributed by atoms with Crippen LogP contribution in [-0.4, -0.2) is 25.1 Å². The summed E-state index contributed by atoms with van der Waals surface area (Å²) in [6.07, 6.45) is 0. The Morgan fingerprint density at radius 2 is 2.06 bits per heavy atom. The fourth-order valence-electron chi connectivity index (χ4n) is 1.49. The van der Waals surface area contributed by atoms with Crippen molar-refractivity contribution in [3.05, 3.63) is 23.2 Å². The Hall–Kier alpha value is -2.08. The van der Waals surface area contributed by atoms with Crippen LogP contribution in [0.1, 0.15) is 0 Å². The number of halogens is 1. The van der Waals surface area contributed by atoms with Gasteiger partial charge in [-0.25, -0.2) is 4.98 Å². The maximum Gasteiger partial charge on any atom is 0.239 e. The van der Waals surface area contributed by atoms with Crippen LogP contribution >= 0.6 is 11.6 Å². The lowest BCUT2D eigenvalue weighted by Gasteiger charge is -1.88. The number of nitrogen functional groups attached to an aromatic ring is 1. The third kappa shape index (κ3) is 1.31. The first kappa shape index (κ1) is 9.17. The van der Waals surface area contributed by atoms with E-state index in [1.807, 2.05) is 12.1 Å². The van der Waals surface area contributed by atoms with Crippen molar-refractivity contribution in [2.24, 2.45) is 0 Å². The van der Waals surface area contributed by atoms with Gasteiger partial charge in [0.2, 0.25) is 5.95 Å². The van der Waals surface area contributed by atoms with E-state index in [9.17, 15) is 0 Å². The van der Waals surface area contributed by atoms with Crippen LogP contribution in [0.3, 0.4) is 0 Å². The lowest BCUT2D eigenvalue weighted by molar-refractivity contribution is 1.09. The third-order valence-corrected chi connectivity index (χ3v) is 2.50. The molecule has 0 amide bonds. The highest BCUT2D eigenvalue weighted by Gasteiger charge is 2.10. The minimum absolute atomic E-state index is 0.182. The Morgan fingerprint density at radius 3 is 2.75 bits per heavy atom. The van der Waals surface area contributed by atoms with Crippen LogP contribution in [0, 0.1) is 0 Å². The average Bonchev–Trinajstić information content (AvgIpc) is 2.84. The molecular formula is C9H7ClN6. The fourth-order valence-corrected chi connectivity index (χ4v) is 1.71. The highest BCUT2D eigenvalue weighted by molar-refractivity contribution is 6.34. The Bertz CT molecular complexity index is 655. The van der Waals surface area contributed by atoms with Gasteiger partial charge in [0.05, 0.1) is 10.5 Å². The molecule has 1 aromatic carbocycles. The van der Waals surface area contributed by atoms with Gasteiger partial charge >= 0.3 is 0 Å². The van der Waals surface area contributed by atoms with Crippen LogP contribution in [0.2, 0.25) is 5.02 Å². The van der Waals surface area contributed by atoms with E-state index in [2.05, 4.69) is 25.1 Å². The summed E-state index contributed by atoms with van der Waals surface area (Å²) >= 11 is 6.01. The number of hydrogen-bond donors (Lipinski definition) is 3. The Morgan fingerprint density at radius 1 is 1.19 bits per heavy atom. The van der Waals surface area contributed by atoms with Gasteiger partial charge in [-0.1, -0.05) is 17.7 Å². The van der Waals surface area contributed by atoms with Crippen LogP contribution < -0.4 is 5.73 Å². The van der Waals surface area contributed by atoms with Gasteiger partial charge in [-0.3, -0.25) is 5.10 Å². The van der Waals surface area contributed by atoms with Crippen molar-refractivity contribution in [2.75, 3.05) is 5.73 Å². The number of aromatic nitrogens is 5. The largest absolute Gasteiger partial charge is 0.366 e. The first-order chi connectivity index (χ1) is 7.74. The predicted molar refractivity (Wildman–Crippen MR) is 60.9 cm³/mol. The summed E-state index contributed by atoms with van der Waals surface area (Å²) in [5.41, 5.74) is 6.97. The minimum Gasteiger partial charge on any atom is -0.366 e. The van der Waals surface area contributed by atoms with Crippen LogP contribution in [-0.2, 0) is 0 Å². The standard InChI is InChI=1S/C9H7ClN6/c10-4-2-1-3-5-6(4)13-7(12-5)8-14-9(11)16-15-8/h1-3H,(H,12,13)(H3,11,14,15,16). The molecule has 3 aromatic rings. The number of fused-ring (bicyclic) bond motifs is 1. The SMILES string of the molecule is Nc1n[nH]c(-c2nc3c(Cl)cccc3[nH]2)n1. The van der Waals surface area contributed by atoms with E-state index in [1.54, 1.807) is 6.07 Å². The number of benzene rings is 1. The number of nitrogens with two attached hydrogens (primary N) is 1. The number of aromatic amines is 2. The number of para-hydroxylation sites is 1. The molecule has 0 saturated heterocycles. The van der Waals surface area contributed by atoms with Crippen molar-refractivity contribution in [3.8, 4) is 11.6 Å². The molecule has 6 nitrogen and oxygen atoms in total. The lowest BCUT2D eigenvalue weighted by Crippen LogP contribution is -1.86. The van der Waals surface area contributed by atoms with Crippen LogP contribution in [0.5, 0.6) is 0 Å². The number of rotatable bonds is 1. The topological polar surface area (TPSA) is 96.3 Å². The fraction of sp³-hybridized carbons (Fsp3) is 0. The van der Waals surface area contributed by atoms with Crippen molar-refractivity contribution in [1.29, 1.82) is 0 Å². The first-order valence-corrected chi connectivity index (χ1v) is 4.94. The van der Waals surface area contributed by atoms with E-state index in [0.29, 0.717) is 22.2 Å². The molecule has 0 aliphatic rings. The Balaban J connectivity index is 2.22. The maximum atomic E-state index is 6.01. The summed E-state index contributed by atoms with van der Waals surface area (Å²) in [5, 5.41) is 7.00. The first-order valence-electron chi connectivity index (χ1n) is 4.56. The molecule has 80 valence electrons. The van der Waals surface area contributed by atoms with E-state index >= 15 is 0 Å². The second-order valence-electron chi connectivity index (χ2n) is 3.26. The van der Waals surface area contributed by atoms with E-state index in [0.717, 1.165) is 5.52 Å². The van der Waals surface area contributed by atoms with Crippen LogP contribution in [0.15, 0.2) is 18.2 Å². The molecule has 0 fully saturated rings. The summed E-state index contributed by atoms with van der Waals surface area (Å²) in [5.74, 6) is 1.23. The zero-order chi connectivity index (χ0) is 11.1. The highest BCUT2D eigenvalue weighted by Crippen LogP contribution is 2.23. The van der Waals surface area contributed by atoms with E-state index in [1.165, 1.54) is 0 Å². The van der Waals surface area contributed by atoms with Gasteiger partial charge < -0.3 is 10.7 Å². The molecule has 4 N–H and O–H groups in total. The molecule has 0 spiro atoms. The molecule has 0 bridgehead atoms. The van der Waals surface area contributed by atoms with E-state index in [-0.39, 0.29) is 5.95 Å². The average molecular weight is 235 g/mol. The van der Waals surface area contributed by atoms with Gasteiger partial charge in [-0.2, -0.15) is 4.98 Å². The van der Waals surface area contributed by atoms with Crippen LogP contribution in [0.4, 0.5) is 5.95 Å². The zero-order valence-electron chi connectivity index (χ0n) is 8.03. The van der Waals surface area contributed by atoms with Crippen molar-refractivity contribution in [1.82, 2.24) is 25.1 Å². The molecular weight excluding hydrogens is 228 g/mol. The summed E-state index contributed by atoms with van der Waals surface area (Å²) in [6.45, 7) is 0. The lowest BCUT2D eigenvalue weighted by atomic mass is 10.3. The molecule has 2 aromatic heterocycles. The summed E-state index contributed by atoms with van der Waals surface area (Å²) in [7, 11) is 0. The van der Waals surface area contributed by atoms with Gasteiger partial charge in [0, 0.05) is 0 Å². The van der Waals surface area contributed by atoms with Crippen molar-refractivity contribution in [2.45, 2.75) is 0 Å². The Kier molecular flexibility index (Phi) is 1.84. The van der Waals surface area contributed by atoms with Gasteiger partial charge in [0.15, 0.2) is 11.6 Å². The van der Waals surface area contributed by atoms with E-state index in [4.69, 9.17) is 17.3 Å². The number of H-pyrrole nitrogens is 2. The molecule has 7 heteroatoms. The van der Waals surface area contributed by atoms with Gasteiger partial charge in [-0.05, 0) is 12.1 Å². The summed E-state index contributed by atoms with van der Waals surface area (Å²) < 4.78 is 0. The molecule has 0 aliphatic carbocycles. The molecule has 2 heterocycles. The third-order valence-electron chi connectivity index (χ3n) is 2.19. The number of nitrogens with one attached hydrogen (secondary N) is 2. The predicted octanol–water partition coefficient (Wildman–Crippen LogP) is 1.58. The van der Waals surface area contributed by atoms with Crippen molar-refractivity contribution in [3.63, 3.8) is 0 Å². The quantitative estimate of drug-likeness (QED) is 0.596. The number of anilines is 1. The molecule has 0 unspecified atom stereocenters. The van der Waals surface area contributed by atoms with Gasteiger partial charge in [0.25, 0.3) is 0 Å². The second kappa shape index (κ2) is 3.21. The molecule has 3 rings (SSSR count). The van der Waals surface area contributed by atoms with Gasteiger partial charge in [0.1, 0.15) is 5.52 Å². The maximum absolute atomic E-state index is 6.01. The van der Waals surface area contributed by atoms with Crippen molar-refractivity contribution >= 4 is 28.6 Å². The number of hydrogen-bond acceptors (Lipinski definition) is 4. The highest BCUT2D eigenvalue weighted by atomic mass is 35.5. The normalized spacial score (nSPS) is 11.1. The zero-order valence-corrected chi connectivity index (χ0v) is 8.78. The van der Waals surface area contributed by atoms with Gasteiger partial charge in [-0.15, -0.1) is 5.10 Å². The molecule has 16 heavy (non-hydrogen) atoms. The summed E-state index contributed by atoms with van der Waals surface area (Å²) in [4.78, 5) is 11.4. The molecule has 0 radical (unpaired) electrons.